The van der Waals surface area contributed by atoms with E-state index in [4.69, 9.17) is 9.47 Å². The number of hydrogen-bond acceptors (Lipinski definition) is 6. The van der Waals surface area contributed by atoms with E-state index in [1.807, 2.05) is 30.3 Å². The Labute approximate surface area is 147 Å². The lowest BCUT2D eigenvalue weighted by molar-refractivity contribution is -0.158. The minimum atomic E-state index is -0.833. The third-order valence-corrected chi connectivity index (χ3v) is 3.34. The number of pyridine rings is 1. The molecule has 6 heteroatoms. The van der Waals surface area contributed by atoms with Gasteiger partial charge < -0.3 is 14.8 Å². The van der Waals surface area contributed by atoms with Crippen LogP contribution >= 0.6 is 0 Å². The van der Waals surface area contributed by atoms with E-state index in [1.165, 1.54) is 0 Å². The molecule has 0 aliphatic carbocycles. The number of rotatable bonds is 6. The molecule has 2 aromatic rings. The van der Waals surface area contributed by atoms with Crippen molar-refractivity contribution in [3.8, 4) is 0 Å². The number of aromatic nitrogens is 1. The van der Waals surface area contributed by atoms with E-state index in [2.05, 4.69) is 10.3 Å². The van der Waals surface area contributed by atoms with Crippen molar-refractivity contribution >= 4 is 28.5 Å². The zero-order chi connectivity index (χ0) is 18.4. The number of fused-ring (bicyclic) bond motifs is 1. The van der Waals surface area contributed by atoms with Crippen LogP contribution in [0, 0.1) is 0 Å². The molecule has 2 rings (SSSR count). The fourth-order valence-electron chi connectivity index (χ4n) is 2.40. The van der Waals surface area contributed by atoms with E-state index in [9.17, 15) is 9.59 Å². The first kappa shape index (κ1) is 18.7. The fourth-order valence-corrected chi connectivity index (χ4v) is 2.40. The van der Waals surface area contributed by atoms with E-state index in [1.54, 1.807) is 33.9 Å². The predicted octanol–water partition coefficient (Wildman–Crippen LogP) is 3.31. The molecule has 0 fully saturated rings. The highest BCUT2D eigenvalue weighted by Crippen LogP contribution is 2.23. The van der Waals surface area contributed by atoms with Gasteiger partial charge in [-0.3, -0.25) is 9.78 Å². The van der Waals surface area contributed by atoms with Gasteiger partial charge in [-0.25, -0.2) is 4.79 Å². The first-order chi connectivity index (χ1) is 11.8. The number of ether oxygens (including phenoxy) is 2. The van der Waals surface area contributed by atoms with E-state index < -0.39 is 23.6 Å². The van der Waals surface area contributed by atoms with Crippen LogP contribution in [0.5, 0.6) is 0 Å². The number of carbonyl (C=O) groups is 2. The largest absolute Gasteiger partial charge is 0.464 e. The van der Waals surface area contributed by atoms with E-state index in [-0.39, 0.29) is 13.0 Å². The molecule has 0 aliphatic rings. The molecule has 1 aromatic carbocycles. The molecule has 0 unspecified atom stereocenters. The van der Waals surface area contributed by atoms with Crippen molar-refractivity contribution in [3.05, 3.63) is 36.5 Å². The Hall–Kier alpha value is -2.63. The van der Waals surface area contributed by atoms with Gasteiger partial charge in [-0.05, 0) is 52.0 Å². The highest BCUT2D eigenvalue weighted by molar-refractivity contribution is 5.94. The van der Waals surface area contributed by atoms with Crippen molar-refractivity contribution in [1.29, 1.82) is 0 Å². The molecule has 0 aliphatic heterocycles. The maximum Gasteiger partial charge on any atom is 0.329 e. The second-order valence-electron chi connectivity index (χ2n) is 6.62. The van der Waals surface area contributed by atoms with Gasteiger partial charge in [0.25, 0.3) is 0 Å². The number of esters is 2. The van der Waals surface area contributed by atoms with Gasteiger partial charge in [-0.1, -0.05) is 6.07 Å². The third kappa shape index (κ3) is 5.45. The van der Waals surface area contributed by atoms with Gasteiger partial charge >= 0.3 is 11.9 Å². The molecule has 0 saturated heterocycles. The van der Waals surface area contributed by atoms with E-state index in [0.717, 1.165) is 10.9 Å². The summed E-state index contributed by atoms with van der Waals surface area (Å²) in [6, 6.07) is 8.45. The Morgan fingerprint density at radius 3 is 2.64 bits per heavy atom. The summed E-state index contributed by atoms with van der Waals surface area (Å²) >= 11 is 0. The molecule has 0 bridgehead atoms. The van der Waals surface area contributed by atoms with Crippen molar-refractivity contribution in [1.82, 2.24) is 4.98 Å². The minimum absolute atomic E-state index is 0.118. The summed E-state index contributed by atoms with van der Waals surface area (Å²) in [5, 5.41) is 3.97. The van der Waals surface area contributed by atoms with Crippen molar-refractivity contribution in [2.45, 2.75) is 45.8 Å². The normalized spacial score (nSPS) is 12.5. The quantitative estimate of drug-likeness (QED) is 0.810. The lowest BCUT2D eigenvalue weighted by atomic mass is 10.1. The average Bonchev–Trinajstić information content (AvgIpc) is 2.53. The van der Waals surface area contributed by atoms with Gasteiger partial charge in [-0.2, -0.15) is 0 Å². The maximum absolute atomic E-state index is 12.3. The van der Waals surface area contributed by atoms with E-state index >= 15 is 0 Å². The van der Waals surface area contributed by atoms with Gasteiger partial charge in [-0.15, -0.1) is 0 Å². The van der Waals surface area contributed by atoms with Crippen molar-refractivity contribution < 1.29 is 19.1 Å². The first-order valence-corrected chi connectivity index (χ1v) is 8.29. The molecule has 0 amide bonds. The van der Waals surface area contributed by atoms with Crippen molar-refractivity contribution in [2.75, 3.05) is 11.9 Å². The van der Waals surface area contributed by atoms with Crippen molar-refractivity contribution in [2.24, 2.45) is 0 Å². The Balaban J connectivity index is 2.23. The summed E-state index contributed by atoms with van der Waals surface area (Å²) in [6.45, 7) is 7.32. The highest BCUT2D eigenvalue weighted by atomic mass is 16.6. The lowest BCUT2D eigenvalue weighted by Crippen LogP contribution is -2.36. The third-order valence-electron chi connectivity index (χ3n) is 3.34. The van der Waals surface area contributed by atoms with Gasteiger partial charge in [0.2, 0.25) is 0 Å². The number of benzene rings is 1. The molecule has 1 aromatic heterocycles. The molecule has 0 spiro atoms. The highest BCUT2D eigenvalue weighted by Gasteiger charge is 2.27. The van der Waals surface area contributed by atoms with Gasteiger partial charge in [0, 0.05) is 17.3 Å². The van der Waals surface area contributed by atoms with Crippen molar-refractivity contribution in [3.63, 3.8) is 0 Å². The molecule has 6 nitrogen and oxygen atoms in total. The smallest absolute Gasteiger partial charge is 0.329 e. The Kier molecular flexibility index (Phi) is 5.96. The summed E-state index contributed by atoms with van der Waals surface area (Å²) in [5.74, 6) is -0.953. The summed E-state index contributed by atoms with van der Waals surface area (Å²) in [7, 11) is 0. The van der Waals surface area contributed by atoms with E-state index in [0.29, 0.717) is 5.69 Å². The molecule has 0 saturated carbocycles. The number of nitrogens with zero attached hydrogens (tertiary/aromatic N) is 1. The van der Waals surface area contributed by atoms with Crippen LogP contribution in [0.4, 0.5) is 5.69 Å². The van der Waals surface area contributed by atoms with Crippen LogP contribution in [0.1, 0.15) is 34.1 Å². The number of hydrogen-bond donors (Lipinski definition) is 1. The molecular formula is C19H24N2O4. The zero-order valence-corrected chi connectivity index (χ0v) is 15.0. The van der Waals surface area contributed by atoms with Crippen LogP contribution in [0.2, 0.25) is 0 Å². The number of anilines is 1. The zero-order valence-electron chi connectivity index (χ0n) is 15.0. The average molecular weight is 344 g/mol. The second kappa shape index (κ2) is 7.96. The second-order valence-corrected chi connectivity index (χ2v) is 6.62. The standard InChI is InChI=1S/C19H24N2O4/c1-5-24-18(23)16(12-17(22)25-19(2,3)4)21-15-10-6-9-14-13(15)8-7-11-20-14/h6-11,16,21H,5,12H2,1-4H3/t16-/m0/s1. The van der Waals surface area contributed by atoms with Crippen LogP contribution in [-0.2, 0) is 19.1 Å². The van der Waals surface area contributed by atoms with Crippen LogP contribution in [0.15, 0.2) is 36.5 Å². The molecule has 1 heterocycles. The number of nitrogens with one attached hydrogen (secondary N) is 1. The maximum atomic E-state index is 12.3. The van der Waals surface area contributed by atoms with Crippen LogP contribution in [0.3, 0.4) is 0 Å². The van der Waals surface area contributed by atoms with Gasteiger partial charge in [0.15, 0.2) is 0 Å². The molecule has 1 N–H and O–H groups in total. The Bertz CT molecular complexity index is 747. The summed E-state index contributed by atoms with van der Waals surface area (Å²) in [5.41, 5.74) is 0.902. The molecule has 0 radical (unpaired) electrons. The van der Waals surface area contributed by atoms with Gasteiger partial charge in [0.1, 0.15) is 11.6 Å². The molecule has 1 atom stereocenters. The van der Waals surface area contributed by atoms with Gasteiger partial charge in [0.05, 0.1) is 18.5 Å². The summed E-state index contributed by atoms with van der Waals surface area (Å²) in [4.78, 5) is 28.7. The van der Waals surface area contributed by atoms with Crippen LogP contribution in [-0.4, -0.2) is 35.2 Å². The summed E-state index contributed by atoms with van der Waals surface area (Å²) < 4.78 is 10.4. The lowest BCUT2D eigenvalue weighted by Gasteiger charge is -2.23. The summed E-state index contributed by atoms with van der Waals surface area (Å²) in [6.07, 6.45) is 1.59. The SMILES string of the molecule is CCOC(=O)[C@H](CC(=O)OC(C)(C)C)Nc1cccc2ncccc12. The minimum Gasteiger partial charge on any atom is -0.464 e. The monoisotopic (exact) mass is 344 g/mol. The Morgan fingerprint density at radius 1 is 1.20 bits per heavy atom. The fraction of sp³-hybridized carbons (Fsp3) is 0.421. The number of carbonyl (C=O) groups excluding carboxylic acids is 2. The van der Waals surface area contributed by atoms with Crippen LogP contribution < -0.4 is 5.32 Å². The molecule has 134 valence electrons. The van der Waals surface area contributed by atoms with Crippen LogP contribution in [0.25, 0.3) is 10.9 Å². The topological polar surface area (TPSA) is 77.5 Å². The predicted molar refractivity (Wildman–Crippen MR) is 96.2 cm³/mol. The molecular weight excluding hydrogens is 320 g/mol. The Morgan fingerprint density at radius 2 is 1.96 bits per heavy atom. The first-order valence-electron chi connectivity index (χ1n) is 8.29. The molecule has 25 heavy (non-hydrogen) atoms.